The summed E-state index contributed by atoms with van der Waals surface area (Å²) in [7, 11) is 0. The number of pyridine rings is 1. The molecule has 0 radical (unpaired) electrons. The van der Waals surface area contributed by atoms with Gasteiger partial charge in [-0.3, -0.25) is 4.98 Å². The van der Waals surface area contributed by atoms with E-state index in [0.717, 1.165) is 16.9 Å². The van der Waals surface area contributed by atoms with Crippen LogP contribution in [-0.4, -0.2) is 4.98 Å². The molecule has 0 spiro atoms. The molecule has 0 bridgehead atoms. The molecule has 3 heteroatoms. The Kier molecular flexibility index (Phi) is 2.02. The Morgan fingerprint density at radius 2 is 2.23 bits per heavy atom. The smallest absolute Gasteiger partial charge is 0.0942 e. The maximum atomic E-state index is 5.82. The third-order valence-electron chi connectivity index (χ3n) is 1.95. The molecule has 13 heavy (non-hydrogen) atoms. The maximum absolute atomic E-state index is 5.82. The Morgan fingerprint density at radius 3 is 2.85 bits per heavy atom. The molecule has 2 N–H and O–H groups in total. The largest absolute Gasteiger partial charge is 0.397 e. The van der Waals surface area contributed by atoms with E-state index in [2.05, 4.69) is 23.4 Å². The molecule has 0 aliphatic rings. The summed E-state index contributed by atoms with van der Waals surface area (Å²) in [6, 6.07) is 5.78. The summed E-state index contributed by atoms with van der Waals surface area (Å²) in [6.45, 7) is 2.08. The van der Waals surface area contributed by atoms with Gasteiger partial charge in [0.2, 0.25) is 0 Å². The van der Waals surface area contributed by atoms with Crippen molar-refractivity contribution in [3.05, 3.63) is 34.7 Å². The van der Waals surface area contributed by atoms with Crippen molar-refractivity contribution in [3.63, 3.8) is 0 Å². The van der Waals surface area contributed by atoms with Crippen molar-refractivity contribution < 1.29 is 0 Å². The molecule has 2 heterocycles. The number of nitrogen functional groups attached to an aromatic ring is 1. The molecule has 0 saturated carbocycles. The highest BCUT2D eigenvalue weighted by Gasteiger charge is 2.06. The SMILES string of the molecule is Cc1sccc1-c1ncccc1N. The van der Waals surface area contributed by atoms with E-state index < -0.39 is 0 Å². The molecule has 0 aliphatic heterocycles. The molecular weight excluding hydrogens is 180 g/mol. The number of hydrogen-bond donors (Lipinski definition) is 1. The summed E-state index contributed by atoms with van der Waals surface area (Å²) in [6.07, 6.45) is 1.77. The minimum absolute atomic E-state index is 0.740. The zero-order chi connectivity index (χ0) is 9.26. The Labute approximate surface area is 81.1 Å². The summed E-state index contributed by atoms with van der Waals surface area (Å²) in [5.74, 6) is 0. The minimum atomic E-state index is 0.740. The average Bonchev–Trinajstić information content (AvgIpc) is 2.52. The van der Waals surface area contributed by atoms with Gasteiger partial charge in [-0.15, -0.1) is 11.3 Å². The first-order valence-corrected chi connectivity index (χ1v) is 4.92. The van der Waals surface area contributed by atoms with Gasteiger partial charge in [-0.25, -0.2) is 0 Å². The normalized spacial score (nSPS) is 10.2. The Hall–Kier alpha value is -1.35. The molecule has 0 atom stereocenters. The molecule has 2 aromatic rings. The summed E-state index contributed by atoms with van der Waals surface area (Å²) in [4.78, 5) is 5.52. The Morgan fingerprint density at radius 1 is 1.38 bits per heavy atom. The van der Waals surface area contributed by atoms with Crippen molar-refractivity contribution in [2.24, 2.45) is 0 Å². The van der Waals surface area contributed by atoms with Gasteiger partial charge in [0, 0.05) is 16.6 Å². The molecule has 0 amide bonds. The molecule has 2 aromatic heterocycles. The number of nitrogens with zero attached hydrogens (tertiary/aromatic N) is 1. The highest BCUT2D eigenvalue weighted by Crippen LogP contribution is 2.29. The van der Waals surface area contributed by atoms with Crippen LogP contribution in [0.4, 0.5) is 5.69 Å². The van der Waals surface area contributed by atoms with Gasteiger partial charge in [0.25, 0.3) is 0 Å². The van der Waals surface area contributed by atoms with Crippen LogP contribution in [0.2, 0.25) is 0 Å². The standard InChI is InChI=1S/C10H10N2S/c1-7-8(4-6-13-7)10-9(11)3-2-5-12-10/h2-6H,11H2,1H3. The number of thiophene rings is 1. The molecule has 2 rings (SSSR count). The monoisotopic (exact) mass is 190 g/mol. The fourth-order valence-corrected chi connectivity index (χ4v) is 1.97. The molecular formula is C10H10N2S. The van der Waals surface area contributed by atoms with Crippen molar-refractivity contribution in [1.29, 1.82) is 0 Å². The van der Waals surface area contributed by atoms with Crippen molar-refractivity contribution >= 4 is 17.0 Å². The van der Waals surface area contributed by atoms with Crippen molar-refractivity contribution in [2.45, 2.75) is 6.92 Å². The fraction of sp³-hybridized carbons (Fsp3) is 0.100. The lowest BCUT2D eigenvalue weighted by Gasteiger charge is -2.02. The van der Waals surface area contributed by atoms with E-state index in [1.54, 1.807) is 17.5 Å². The maximum Gasteiger partial charge on any atom is 0.0942 e. The molecule has 0 aromatic carbocycles. The second-order valence-corrected chi connectivity index (χ2v) is 3.95. The van der Waals surface area contributed by atoms with E-state index in [-0.39, 0.29) is 0 Å². The van der Waals surface area contributed by atoms with Gasteiger partial charge in [-0.2, -0.15) is 0 Å². The summed E-state index contributed by atoms with van der Waals surface area (Å²) in [5.41, 5.74) is 8.59. The number of rotatable bonds is 1. The van der Waals surface area contributed by atoms with Gasteiger partial charge in [-0.05, 0) is 30.5 Å². The number of hydrogen-bond acceptors (Lipinski definition) is 3. The number of aryl methyl sites for hydroxylation is 1. The second kappa shape index (κ2) is 3.18. The lowest BCUT2D eigenvalue weighted by atomic mass is 10.1. The first-order chi connectivity index (χ1) is 6.29. The number of aromatic nitrogens is 1. The number of nitrogens with two attached hydrogens (primary N) is 1. The van der Waals surface area contributed by atoms with Crippen LogP contribution in [0.5, 0.6) is 0 Å². The minimum Gasteiger partial charge on any atom is -0.397 e. The van der Waals surface area contributed by atoms with Crippen LogP contribution >= 0.6 is 11.3 Å². The van der Waals surface area contributed by atoms with Gasteiger partial charge in [-0.1, -0.05) is 0 Å². The van der Waals surface area contributed by atoms with Gasteiger partial charge in [0.05, 0.1) is 11.4 Å². The topological polar surface area (TPSA) is 38.9 Å². The van der Waals surface area contributed by atoms with Crippen LogP contribution in [0.3, 0.4) is 0 Å². The molecule has 0 unspecified atom stereocenters. The van der Waals surface area contributed by atoms with Crippen LogP contribution in [0.15, 0.2) is 29.8 Å². The zero-order valence-electron chi connectivity index (χ0n) is 7.32. The quantitative estimate of drug-likeness (QED) is 0.751. The van der Waals surface area contributed by atoms with E-state index in [1.165, 1.54) is 4.88 Å². The van der Waals surface area contributed by atoms with Gasteiger partial charge in [0.15, 0.2) is 0 Å². The van der Waals surface area contributed by atoms with Crippen LogP contribution in [-0.2, 0) is 0 Å². The van der Waals surface area contributed by atoms with E-state index in [1.807, 2.05) is 12.1 Å². The predicted octanol–water partition coefficient (Wildman–Crippen LogP) is 2.70. The summed E-state index contributed by atoms with van der Waals surface area (Å²) in [5, 5.41) is 2.05. The average molecular weight is 190 g/mol. The van der Waals surface area contributed by atoms with Crippen LogP contribution in [0, 0.1) is 6.92 Å². The van der Waals surface area contributed by atoms with Crippen molar-refractivity contribution in [3.8, 4) is 11.3 Å². The first-order valence-electron chi connectivity index (χ1n) is 4.04. The fourth-order valence-electron chi connectivity index (χ4n) is 1.27. The molecule has 0 saturated heterocycles. The predicted molar refractivity (Wildman–Crippen MR) is 56.7 cm³/mol. The first kappa shape index (κ1) is 8.26. The van der Waals surface area contributed by atoms with E-state index in [4.69, 9.17) is 5.73 Å². The molecule has 2 nitrogen and oxygen atoms in total. The third kappa shape index (κ3) is 1.42. The van der Waals surface area contributed by atoms with Gasteiger partial charge in [0.1, 0.15) is 0 Å². The second-order valence-electron chi connectivity index (χ2n) is 2.83. The summed E-state index contributed by atoms with van der Waals surface area (Å²) >= 11 is 1.71. The zero-order valence-corrected chi connectivity index (χ0v) is 8.14. The van der Waals surface area contributed by atoms with Gasteiger partial charge < -0.3 is 5.73 Å². The highest BCUT2D eigenvalue weighted by molar-refractivity contribution is 7.10. The van der Waals surface area contributed by atoms with Crippen molar-refractivity contribution in [2.75, 3.05) is 5.73 Å². The molecule has 0 fully saturated rings. The lowest BCUT2D eigenvalue weighted by molar-refractivity contribution is 1.33. The molecule has 66 valence electrons. The van der Waals surface area contributed by atoms with Crippen LogP contribution in [0.1, 0.15) is 4.88 Å². The van der Waals surface area contributed by atoms with E-state index in [0.29, 0.717) is 0 Å². The van der Waals surface area contributed by atoms with E-state index in [9.17, 15) is 0 Å². The Balaban J connectivity index is 2.59. The van der Waals surface area contributed by atoms with Crippen LogP contribution < -0.4 is 5.73 Å². The highest BCUT2D eigenvalue weighted by atomic mass is 32.1. The molecule has 0 aliphatic carbocycles. The summed E-state index contributed by atoms with van der Waals surface area (Å²) < 4.78 is 0. The Bertz CT molecular complexity index is 420. The lowest BCUT2D eigenvalue weighted by Crippen LogP contribution is -1.91. The number of anilines is 1. The van der Waals surface area contributed by atoms with Gasteiger partial charge >= 0.3 is 0 Å². The van der Waals surface area contributed by atoms with E-state index >= 15 is 0 Å². The van der Waals surface area contributed by atoms with Crippen molar-refractivity contribution in [1.82, 2.24) is 4.98 Å². The third-order valence-corrected chi connectivity index (χ3v) is 2.80. The van der Waals surface area contributed by atoms with Crippen LogP contribution in [0.25, 0.3) is 11.3 Å².